The molecule has 1 aromatic carbocycles. The van der Waals surface area contributed by atoms with Crippen molar-refractivity contribution in [3.05, 3.63) is 29.3 Å². The number of ether oxygens (including phenoxy) is 1. The lowest BCUT2D eigenvalue weighted by Crippen LogP contribution is -2.40. The number of nitrogens with zero attached hydrogens (tertiary/aromatic N) is 2. The first kappa shape index (κ1) is 24.5. The first-order valence-corrected chi connectivity index (χ1v) is 12.7. The number of aliphatic imine (C=N–C) groups is 1. The molecule has 0 bridgehead atoms. The predicted molar refractivity (Wildman–Crippen MR) is 123 cm³/mol. The number of hydrogen-bond donors (Lipinski definition) is 2. The van der Waals surface area contributed by atoms with Gasteiger partial charge in [0.1, 0.15) is 5.75 Å². The number of aryl methyl sites for hydroxylation is 1. The number of guanidine groups is 1. The molecule has 1 atom stereocenters. The Morgan fingerprint density at radius 1 is 1.33 bits per heavy atom. The fourth-order valence-corrected chi connectivity index (χ4v) is 4.44. The summed E-state index contributed by atoms with van der Waals surface area (Å²) in [5, 5.41) is 6.67. The van der Waals surface area contributed by atoms with E-state index in [0.29, 0.717) is 38.1 Å². The molecule has 0 radical (unpaired) electrons. The van der Waals surface area contributed by atoms with Gasteiger partial charge in [0.25, 0.3) is 0 Å². The fourth-order valence-electron chi connectivity index (χ4n) is 3.52. The van der Waals surface area contributed by atoms with Gasteiger partial charge in [-0.3, -0.25) is 4.99 Å². The van der Waals surface area contributed by atoms with Crippen molar-refractivity contribution in [2.75, 3.05) is 39.5 Å². The average molecular weight is 439 g/mol. The van der Waals surface area contributed by atoms with E-state index in [9.17, 15) is 8.42 Å². The van der Waals surface area contributed by atoms with E-state index < -0.39 is 10.0 Å². The van der Waals surface area contributed by atoms with Crippen LogP contribution >= 0.6 is 0 Å². The molecule has 0 aliphatic carbocycles. The van der Waals surface area contributed by atoms with Gasteiger partial charge in [-0.2, -0.15) is 0 Å². The second-order valence-corrected chi connectivity index (χ2v) is 10.6. The lowest BCUT2D eigenvalue weighted by Gasteiger charge is -2.18. The predicted octanol–water partition coefficient (Wildman–Crippen LogP) is 2.76. The molecule has 0 saturated carbocycles. The third-order valence-corrected chi connectivity index (χ3v) is 6.62. The van der Waals surface area contributed by atoms with Crippen LogP contribution in [-0.2, 0) is 16.6 Å². The van der Waals surface area contributed by atoms with Crippen molar-refractivity contribution in [2.45, 2.75) is 46.6 Å². The Kier molecular flexibility index (Phi) is 9.42. The summed E-state index contributed by atoms with van der Waals surface area (Å²) in [6, 6.07) is 6.27. The van der Waals surface area contributed by atoms with E-state index in [2.05, 4.69) is 54.6 Å². The summed E-state index contributed by atoms with van der Waals surface area (Å²) in [5.74, 6) is 2.60. The number of hydrogen-bond acceptors (Lipinski definition) is 4. The molecule has 1 aliphatic heterocycles. The molecule has 0 spiro atoms. The van der Waals surface area contributed by atoms with Crippen molar-refractivity contribution in [1.29, 1.82) is 0 Å². The van der Waals surface area contributed by atoms with Gasteiger partial charge in [0.15, 0.2) is 5.96 Å². The second kappa shape index (κ2) is 11.6. The molecule has 30 heavy (non-hydrogen) atoms. The van der Waals surface area contributed by atoms with E-state index in [1.54, 1.807) is 11.4 Å². The highest BCUT2D eigenvalue weighted by atomic mass is 32.2. The zero-order chi connectivity index (χ0) is 22.1. The van der Waals surface area contributed by atoms with Gasteiger partial charge in [-0.25, -0.2) is 12.7 Å². The zero-order valence-electron chi connectivity index (χ0n) is 19.1. The molecule has 2 rings (SSSR count). The quantitative estimate of drug-likeness (QED) is 0.333. The van der Waals surface area contributed by atoms with Crippen LogP contribution < -0.4 is 15.4 Å². The lowest BCUT2D eigenvalue weighted by atomic mass is 10.1. The van der Waals surface area contributed by atoms with Crippen molar-refractivity contribution in [2.24, 2.45) is 16.8 Å². The van der Waals surface area contributed by atoms with E-state index >= 15 is 0 Å². The smallest absolute Gasteiger partial charge is 0.211 e. The third-order valence-electron chi connectivity index (χ3n) is 5.35. The summed E-state index contributed by atoms with van der Waals surface area (Å²) in [4.78, 5) is 4.30. The normalized spacial score (nSPS) is 18.1. The second-order valence-electron chi connectivity index (χ2n) is 8.58. The summed E-state index contributed by atoms with van der Waals surface area (Å²) in [6.07, 6.45) is 4.35. The van der Waals surface area contributed by atoms with Gasteiger partial charge in [0.2, 0.25) is 10.0 Å². The van der Waals surface area contributed by atoms with Gasteiger partial charge < -0.3 is 15.4 Å². The Bertz CT molecular complexity index is 809. The summed E-state index contributed by atoms with van der Waals surface area (Å²) >= 11 is 0. The van der Waals surface area contributed by atoms with Gasteiger partial charge in [0.05, 0.1) is 12.9 Å². The minimum atomic E-state index is -3.10. The summed E-state index contributed by atoms with van der Waals surface area (Å²) in [5.41, 5.74) is 2.27. The van der Waals surface area contributed by atoms with Gasteiger partial charge in [0, 0.05) is 38.8 Å². The van der Waals surface area contributed by atoms with Crippen molar-refractivity contribution in [1.82, 2.24) is 14.9 Å². The van der Waals surface area contributed by atoms with Crippen LogP contribution in [0.15, 0.2) is 23.2 Å². The molecule has 1 aliphatic rings. The van der Waals surface area contributed by atoms with Crippen LogP contribution in [0.3, 0.4) is 0 Å². The first-order valence-electron chi connectivity index (χ1n) is 10.8. The standard InChI is InChI=1S/C22H38N4O3S/c1-17(2)7-6-12-29-21-13-18(3)8-9-20(21)15-25-22(23-4)24-14-19-10-11-26(16-19)30(5,27)28/h8-9,13,17,19H,6-7,10-12,14-16H2,1-5H3,(H2,23,24,25). The molecule has 1 saturated heterocycles. The molecule has 1 fully saturated rings. The highest BCUT2D eigenvalue weighted by Gasteiger charge is 2.28. The molecule has 0 amide bonds. The zero-order valence-corrected chi connectivity index (χ0v) is 19.9. The van der Waals surface area contributed by atoms with E-state index in [1.807, 2.05) is 0 Å². The molecule has 7 nitrogen and oxygen atoms in total. The van der Waals surface area contributed by atoms with Crippen LogP contribution in [0.2, 0.25) is 0 Å². The van der Waals surface area contributed by atoms with E-state index in [-0.39, 0.29) is 5.92 Å². The minimum absolute atomic E-state index is 0.289. The third kappa shape index (κ3) is 8.14. The summed E-state index contributed by atoms with van der Waals surface area (Å²) < 4.78 is 31.0. The average Bonchev–Trinajstić information content (AvgIpc) is 3.16. The topological polar surface area (TPSA) is 83.0 Å². The largest absolute Gasteiger partial charge is 0.493 e. The Labute approximate surface area is 182 Å². The van der Waals surface area contributed by atoms with Crippen molar-refractivity contribution >= 4 is 16.0 Å². The molecule has 2 N–H and O–H groups in total. The van der Waals surface area contributed by atoms with E-state index in [0.717, 1.165) is 37.2 Å². The summed E-state index contributed by atoms with van der Waals surface area (Å²) in [7, 11) is -1.36. The van der Waals surface area contributed by atoms with Crippen molar-refractivity contribution in [3.8, 4) is 5.75 Å². The van der Waals surface area contributed by atoms with Crippen molar-refractivity contribution in [3.63, 3.8) is 0 Å². The molecule has 0 aromatic heterocycles. The van der Waals surface area contributed by atoms with E-state index in [1.165, 1.54) is 11.8 Å². The van der Waals surface area contributed by atoms with Gasteiger partial charge in [-0.15, -0.1) is 0 Å². The van der Waals surface area contributed by atoms with Crippen LogP contribution in [-0.4, -0.2) is 58.2 Å². The molecule has 1 heterocycles. The Morgan fingerprint density at radius 3 is 2.73 bits per heavy atom. The van der Waals surface area contributed by atoms with Crippen LogP contribution in [0.25, 0.3) is 0 Å². The molecule has 170 valence electrons. The van der Waals surface area contributed by atoms with E-state index in [4.69, 9.17) is 4.74 Å². The monoisotopic (exact) mass is 438 g/mol. The number of sulfonamides is 1. The number of rotatable bonds is 10. The maximum Gasteiger partial charge on any atom is 0.211 e. The van der Waals surface area contributed by atoms with Crippen LogP contribution in [0.5, 0.6) is 5.75 Å². The highest BCUT2D eigenvalue weighted by Crippen LogP contribution is 2.21. The SMILES string of the molecule is CN=C(NCc1ccc(C)cc1OCCCC(C)C)NCC1CCN(S(C)(=O)=O)C1. The Balaban J connectivity index is 1.84. The number of nitrogens with one attached hydrogen (secondary N) is 2. The van der Waals surface area contributed by atoms with Crippen LogP contribution in [0.4, 0.5) is 0 Å². The maximum atomic E-state index is 11.7. The van der Waals surface area contributed by atoms with Crippen molar-refractivity contribution < 1.29 is 13.2 Å². The Hall–Kier alpha value is -1.80. The molecular weight excluding hydrogens is 400 g/mol. The molecular formula is C22H38N4O3S. The maximum absolute atomic E-state index is 11.7. The Morgan fingerprint density at radius 2 is 2.10 bits per heavy atom. The molecule has 1 unspecified atom stereocenters. The lowest BCUT2D eigenvalue weighted by molar-refractivity contribution is 0.294. The molecule has 8 heteroatoms. The van der Waals surface area contributed by atoms with Crippen LogP contribution in [0.1, 0.15) is 44.2 Å². The fraction of sp³-hybridized carbons (Fsp3) is 0.682. The van der Waals surface area contributed by atoms with Gasteiger partial charge >= 0.3 is 0 Å². The highest BCUT2D eigenvalue weighted by molar-refractivity contribution is 7.88. The molecule has 1 aromatic rings. The number of benzene rings is 1. The first-order chi connectivity index (χ1) is 14.2. The minimum Gasteiger partial charge on any atom is -0.493 e. The van der Waals surface area contributed by atoms with Gasteiger partial charge in [-0.05, 0) is 49.7 Å². The summed E-state index contributed by atoms with van der Waals surface area (Å²) in [6.45, 7) is 9.71. The van der Waals surface area contributed by atoms with Gasteiger partial charge in [-0.1, -0.05) is 26.0 Å². The van der Waals surface area contributed by atoms with Crippen LogP contribution in [0, 0.1) is 18.8 Å².